The van der Waals surface area contributed by atoms with Crippen LogP contribution in [0.25, 0.3) is 11.3 Å². The van der Waals surface area contributed by atoms with Crippen LogP contribution in [0.2, 0.25) is 0 Å². The molecule has 1 heterocycles. The zero-order chi connectivity index (χ0) is 22.5. The molecule has 0 aliphatic heterocycles. The molecule has 7 nitrogen and oxygen atoms in total. The van der Waals surface area contributed by atoms with Crippen LogP contribution in [0, 0.1) is 17.6 Å². The monoisotopic (exact) mass is 426 g/mol. The van der Waals surface area contributed by atoms with Gasteiger partial charge in [0, 0.05) is 11.5 Å². The quantitative estimate of drug-likeness (QED) is 0.632. The minimum absolute atomic E-state index is 0.0579. The van der Waals surface area contributed by atoms with Crippen LogP contribution < -0.4 is 16.2 Å². The first-order valence-electron chi connectivity index (χ1n) is 9.48. The molecule has 0 aliphatic carbocycles. The van der Waals surface area contributed by atoms with Crippen molar-refractivity contribution in [3.63, 3.8) is 0 Å². The number of hydrogen-bond acceptors (Lipinski definition) is 4. The van der Waals surface area contributed by atoms with Gasteiger partial charge in [-0.2, -0.15) is 5.10 Å². The maximum Gasteiger partial charge on any atom is 0.291 e. The highest BCUT2D eigenvalue weighted by Gasteiger charge is 2.18. The number of carbonyl (C=O) groups excluding carboxylic acids is 2. The van der Waals surface area contributed by atoms with E-state index >= 15 is 0 Å². The first-order chi connectivity index (χ1) is 14.8. The van der Waals surface area contributed by atoms with E-state index < -0.39 is 35.3 Å². The van der Waals surface area contributed by atoms with Crippen molar-refractivity contribution in [2.75, 3.05) is 10.6 Å². The smallest absolute Gasteiger partial charge is 0.291 e. The third kappa shape index (κ3) is 5.19. The Morgan fingerprint density at radius 1 is 1.00 bits per heavy atom. The maximum absolute atomic E-state index is 13.8. The van der Waals surface area contributed by atoms with Gasteiger partial charge >= 0.3 is 0 Å². The molecule has 0 spiro atoms. The fraction of sp³-hybridized carbons (Fsp3) is 0.182. The first-order valence-corrected chi connectivity index (χ1v) is 9.48. The highest BCUT2D eigenvalue weighted by Crippen LogP contribution is 2.19. The summed E-state index contributed by atoms with van der Waals surface area (Å²) in [6, 6.07) is 13.4. The van der Waals surface area contributed by atoms with Crippen LogP contribution in [-0.2, 0) is 16.1 Å². The summed E-state index contributed by atoms with van der Waals surface area (Å²) >= 11 is 0. The van der Waals surface area contributed by atoms with Crippen LogP contribution in [0.1, 0.15) is 13.8 Å². The number of hydrogen-bond donors (Lipinski definition) is 2. The molecule has 0 radical (unpaired) electrons. The average molecular weight is 426 g/mol. The molecule has 0 bridgehead atoms. The lowest BCUT2D eigenvalue weighted by Gasteiger charge is -2.13. The van der Waals surface area contributed by atoms with E-state index in [0.29, 0.717) is 11.3 Å². The van der Waals surface area contributed by atoms with E-state index in [2.05, 4.69) is 15.7 Å². The van der Waals surface area contributed by atoms with Gasteiger partial charge in [0.1, 0.15) is 29.6 Å². The van der Waals surface area contributed by atoms with Crippen LogP contribution in [0.3, 0.4) is 0 Å². The molecule has 2 aromatic carbocycles. The normalized spacial score (nSPS) is 10.7. The van der Waals surface area contributed by atoms with Gasteiger partial charge in [-0.1, -0.05) is 50.2 Å². The molecule has 0 unspecified atom stereocenters. The van der Waals surface area contributed by atoms with Gasteiger partial charge in [-0.3, -0.25) is 14.4 Å². The fourth-order valence-electron chi connectivity index (χ4n) is 2.70. The lowest BCUT2D eigenvalue weighted by Crippen LogP contribution is -2.33. The number of aromatic nitrogens is 2. The summed E-state index contributed by atoms with van der Waals surface area (Å²) in [5, 5.41) is 8.84. The van der Waals surface area contributed by atoms with Crippen LogP contribution in [0.5, 0.6) is 0 Å². The fourth-order valence-corrected chi connectivity index (χ4v) is 2.70. The topological polar surface area (TPSA) is 93.1 Å². The van der Waals surface area contributed by atoms with Crippen LogP contribution in [-0.4, -0.2) is 21.6 Å². The van der Waals surface area contributed by atoms with Gasteiger partial charge < -0.3 is 10.6 Å². The number of anilines is 2. The summed E-state index contributed by atoms with van der Waals surface area (Å²) in [6.07, 6.45) is 0. The van der Waals surface area contributed by atoms with Crippen LogP contribution >= 0.6 is 0 Å². The molecule has 0 saturated carbocycles. The molecule has 2 amide bonds. The number of para-hydroxylation sites is 1. The highest BCUT2D eigenvalue weighted by molar-refractivity contribution is 5.93. The Balaban J connectivity index is 1.97. The molecular formula is C22H20F2N4O3. The van der Waals surface area contributed by atoms with E-state index in [4.69, 9.17) is 0 Å². The first kappa shape index (κ1) is 21.8. The highest BCUT2D eigenvalue weighted by atomic mass is 19.1. The lowest BCUT2D eigenvalue weighted by atomic mass is 10.1. The molecule has 0 aliphatic rings. The van der Waals surface area contributed by atoms with E-state index in [1.54, 1.807) is 44.2 Å². The predicted octanol–water partition coefficient (Wildman–Crippen LogP) is 3.42. The minimum atomic E-state index is -0.948. The Morgan fingerprint density at radius 2 is 1.65 bits per heavy atom. The van der Waals surface area contributed by atoms with Crippen LogP contribution in [0.15, 0.2) is 59.4 Å². The van der Waals surface area contributed by atoms with Crippen molar-refractivity contribution >= 4 is 23.2 Å². The average Bonchev–Trinajstić information content (AvgIpc) is 2.74. The molecule has 160 valence electrons. The van der Waals surface area contributed by atoms with Gasteiger partial charge in [0.15, 0.2) is 0 Å². The van der Waals surface area contributed by atoms with Gasteiger partial charge in [-0.15, -0.1) is 0 Å². The minimum Gasteiger partial charge on any atom is -0.321 e. The number of nitrogens with zero attached hydrogens (tertiary/aromatic N) is 2. The molecule has 9 heteroatoms. The maximum atomic E-state index is 13.8. The molecule has 3 rings (SSSR count). The molecule has 1 aromatic heterocycles. The van der Waals surface area contributed by atoms with Gasteiger partial charge in [0.05, 0.1) is 5.69 Å². The Hall–Kier alpha value is -3.88. The molecule has 0 atom stereocenters. The van der Waals surface area contributed by atoms with Gasteiger partial charge in [-0.25, -0.2) is 13.5 Å². The van der Waals surface area contributed by atoms with Crippen molar-refractivity contribution in [1.29, 1.82) is 0 Å². The van der Waals surface area contributed by atoms with E-state index in [1.165, 1.54) is 12.1 Å². The summed E-state index contributed by atoms with van der Waals surface area (Å²) in [6.45, 7) is 2.73. The van der Waals surface area contributed by atoms with E-state index in [0.717, 1.165) is 16.8 Å². The molecule has 3 aromatic rings. The zero-order valence-corrected chi connectivity index (χ0v) is 16.9. The second-order valence-corrected chi connectivity index (χ2v) is 7.06. The van der Waals surface area contributed by atoms with Crippen molar-refractivity contribution in [1.82, 2.24) is 9.78 Å². The van der Waals surface area contributed by atoms with Crippen LogP contribution in [0.4, 0.5) is 20.2 Å². The number of benzene rings is 2. The molecule has 2 N–H and O–H groups in total. The van der Waals surface area contributed by atoms with Gasteiger partial charge in [0.2, 0.25) is 11.8 Å². The SMILES string of the molecule is CC(C)C(=O)Nc1cc(-c2ccccc2)nn(CC(=O)Nc2c(F)cccc2F)c1=O. The van der Waals surface area contributed by atoms with Gasteiger partial charge in [0.25, 0.3) is 5.56 Å². The van der Waals surface area contributed by atoms with Crippen molar-refractivity contribution < 1.29 is 18.4 Å². The summed E-state index contributed by atoms with van der Waals surface area (Å²) in [4.78, 5) is 37.3. The molecule has 0 saturated heterocycles. The Kier molecular flexibility index (Phi) is 6.54. The number of amides is 2. The summed E-state index contributed by atoms with van der Waals surface area (Å²) in [5.41, 5.74) is -0.413. The Bertz CT molecular complexity index is 1160. The predicted molar refractivity (Wildman–Crippen MR) is 112 cm³/mol. The summed E-state index contributed by atoms with van der Waals surface area (Å²) in [5.74, 6) is -3.52. The Labute approximate surface area is 176 Å². The second-order valence-electron chi connectivity index (χ2n) is 7.06. The summed E-state index contributed by atoms with van der Waals surface area (Å²) < 4.78 is 28.5. The third-order valence-corrected chi connectivity index (χ3v) is 4.35. The lowest BCUT2D eigenvalue weighted by molar-refractivity contribution is -0.119. The largest absolute Gasteiger partial charge is 0.321 e. The standard InChI is InChI=1S/C22H20F2N4O3/c1-13(2)21(30)25-18-11-17(14-7-4-3-5-8-14)27-28(22(18)31)12-19(29)26-20-15(23)9-6-10-16(20)24/h3-11,13H,12H2,1-2H3,(H,25,30)(H,26,29). The number of carbonyl (C=O) groups is 2. The van der Waals surface area contributed by atoms with Crippen molar-refractivity contribution in [2.24, 2.45) is 5.92 Å². The molecule has 31 heavy (non-hydrogen) atoms. The van der Waals surface area contributed by atoms with Gasteiger partial charge in [-0.05, 0) is 18.2 Å². The van der Waals surface area contributed by atoms with E-state index in [-0.39, 0.29) is 17.5 Å². The second kappa shape index (κ2) is 9.29. The number of nitrogens with one attached hydrogen (secondary N) is 2. The Morgan fingerprint density at radius 3 is 2.26 bits per heavy atom. The van der Waals surface area contributed by atoms with Crippen molar-refractivity contribution in [3.05, 3.63) is 76.6 Å². The van der Waals surface area contributed by atoms with Crippen molar-refractivity contribution in [3.8, 4) is 11.3 Å². The molecule has 0 fully saturated rings. The number of rotatable bonds is 6. The van der Waals surface area contributed by atoms with E-state index in [9.17, 15) is 23.2 Å². The van der Waals surface area contributed by atoms with Crippen molar-refractivity contribution in [2.45, 2.75) is 20.4 Å². The third-order valence-electron chi connectivity index (χ3n) is 4.35. The number of halogens is 2. The summed E-state index contributed by atoms with van der Waals surface area (Å²) in [7, 11) is 0. The molecular weight excluding hydrogens is 406 g/mol. The zero-order valence-electron chi connectivity index (χ0n) is 16.9. The van der Waals surface area contributed by atoms with E-state index in [1.807, 2.05) is 0 Å².